The number of benzene rings is 1. The molecule has 4 rings (SSSR count). The first-order chi connectivity index (χ1) is 11.2. The maximum atomic E-state index is 12.8. The number of ketones is 1. The van der Waals surface area contributed by atoms with E-state index in [4.69, 9.17) is 4.74 Å². The molecular weight excluding hydrogens is 310 g/mol. The van der Waals surface area contributed by atoms with Gasteiger partial charge in [-0.05, 0) is 18.4 Å². The standard InChI is InChI=1S/C18H13NO3S/c1-2-22-18(21)16-13(12-8-5-9-23-12)14-15(19-16)10-6-3-4-7-11(10)17(14)20/h3-9,19H,2H2,1H3. The first-order valence-electron chi connectivity index (χ1n) is 7.33. The Morgan fingerprint density at radius 1 is 1.13 bits per heavy atom. The van der Waals surface area contributed by atoms with Crippen LogP contribution in [-0.2, 0) is 4.74 Å². The van der Waals surface area contributed by atoms with Crippen molar-refractivity contribution in [3.05, 3.63) is 58.6 Å². The summed E-state index contributed by atoms with van der Waals surface area (Å²) in [6.45, 7) is 2.05. The van der Waals surface area contributed by atoms with E-state index >= 15 is 0 Å². The van der Waals surface area contributed by atoms with Crippen LogP contribution in [0.1, 0.15) is 33.3 Å². The zero-order valence-electron chi connectivity index (χ0n) is 12.4. The Morgan fingerprint density at radius 2 is 1.91 bits per heavy atom. The monoisotopic (exact) mass is 323 g/mol. The number of aromatic amines is 1. The highest BCUT2D eigenvalue weighted by Gasteiger charge is 2.35. The van der Waals surface area contributed by atoms with Gasteiger partial charge in [0.25, 0.3) is 0 Å². The van der Waals surface area contributed by atoms with E-state index in [9.17, 15) is 9.59 Å². The molecular formula is C18H13NO3S. The van der Waals surface area contributed by atoms with Crippen molar-refractivity contribution in [2.75, 3.05) is 6.61 Å². The van der Waals surface area contributed by atoms with Gasteiger partial charge < -0.3 is 9.72 Å². The lowest BCUT2D eigenvalue weighted by molar-refractivity contribution is 0.0521. The minimum Gasteiger partial charge on any atom is -0.461 e. The number of aromatic nitrogens is 1. The molecule has 1 aliphatic carbocycles. The van der Waals surface area contributed by atoms with Gasteiger partial charge >= 0.3 is 5.97 Å². The van der Waals surface area contributed by atoms with Gasteiger partial charge in [-0.3, -0.25) is 4.79 Å². The van der Waals surface area contributed by atoms with Crippen LogP contribution in [0.3, 0.4) is 0 Å². The Hall–Kier alpha value is -2.66. The average Bonchev–Trinajstić information content (AvgIpc) is 3.25. The van der Waals surface area contributed by atoms with Crippen LogP contribution in [0.15, 0.2) is 41.8 Å². The van der Waals surface area contributed by atoms with Crippen molar-refractivity contribution in [1.29, 1.82) is 0 Å². The highest BCUT2D eigenvalue weighted by atomic mass is 32.1. The van der Waals surface area contributed by atoms with Crippen LogP contribution in [-0.4, -0.2) is 23.3 Å². The molecule has 0 saturated heterocycles. The number of carbonyl (C=O) groups excluding carboxylic acids is 2. The topological polar surface area (TPSA) is 59.2 Å². The largest absolute Gasteiger partial charge is 0.461 e. The molecule has 0 spiro atoms. The van der Waals surface area contributed by atoms with Gasteiger partial charge in [0.1, 0.15) is 5.69 Å². The van der Waals surface area contributed by atoms with E-state index < -0.39 is 5.97 Å². The van der Waals surface area contributed by atoms with Gasteiger partial charge in [0.15, 0.2) is 5.78 Å². The Bertz CT molecular complexity index is 922. The molecule has 4 nitrogen and oxygen atoms in total. The average molecular weight is 323 g/mol. The third kappa shape index (κ3) is 1.97. The molecule has 0 amide bonds. The first kappa shape index (κ1) is 14.0. The van der Waals surface area contributed by atoms with Gasteiger partial charge in [-0.15, -0.1) is 11.3 Å². The first-order valence-corrected chi connectivity index (χ1v) is 8.21. The number of carbonyl (C=O) groups is 2. The molecule has 0 bridgehead atoms. The molecule has 3 aromatic rings. The molecule has 1 N–H and O–H groups in total. The Morgan fingerprint density at radius 3 is 2.61 bits per heavy atom. The fourth-order valence-corrected chi connectivity index (χ4v) is 3.77. The summed E-state index contributed by atoms with van der Waals surface area (Å²) in [5.74, 6) is -0.485. The lowest BCUT2D eigenvalue weighted by Crippen LogP contribution is -2.07. The number of fused-ring (bicyclic) bond motifs is 3. The third-order valence-electron chi connectivity index (χ3n) is 3.92. The summed E-state index contributed by atoms with van der Waals surface area (Å²) in [4.78, 5) is 29.2. The van der Waals surface area contributed by atoms with Gasteiger partial charge in [0.05, 0.1) is 17.9 Å². The van der Waals surface area contributed by atoms with Crippen LogP contribution < -0.4 is 0 Å². The molecule has 5 heteroatoms. The molecule has 0 saturated carbocycles. The molecule has 0 aliphatic heterocycles. The van der Waals surface area contributed by atoms with Crippen LogP contribution in [0.5, 0.6) is 0 Å². The van der Waals surface area contributed by atoms with Crippen LogP contribution in [0.4, 0.5) is 0 Å². The molecule has 2 heterocycles. The quantitative estimate of drug-likeness (QED) is 0.577. The van der Waals surface area contributed by atoms with Crippen molar-refractivity contribution in [3.63, 3.8) is 0 Å². The van der Waals surface area contributed by atoms with E-state index in [0.717, 1.165) is 10.4 Å². The smallest absolute Gasteiger partial charge is 0.355 e. The molecule has 114 valence electrons. The molecule has 23 heavy (non-hydrogen) atoms. The number of H-pyrrole nitrogens is 1. The maximum Gasteiger partial charge on any atom is 0.355 e. The number of rotatable bonds is 3. The van der Waals surface area contributed by atoms with Crippen LogP contribution in [0, 0.1) is 0 Å². The number of nitrogens with one attached hydrogen (secondary N) is 1. The van der Waals surface area contributed by atoms with E-state index in [1.807, 2.05) is 41.8 Å². The van der Waals surface area contributed by atoms with Crippen molar-refractivity contribution < 1.29 is 14.3 Å². The second-order valence-electron chi connectivity index (χ2n) is 5.20. The summed E-state index contributed by atoms with van der Waals surface area (Å²) in [7, 11) is 0. The van der Waals surface area contributed by atoms with Gasteiger partial charge in [0, 0.05) is 21.6 Å². The third-order valence-corrected chi connectivity index (χ3v) is 4.80. The fourth-order valence-electron chi connectivity index (χ4n) is 2.99. The number of hydrogen-bond acceptors (Lipinski definition) is 4. The molecule has 0 radical (unpaired) electrons. The molecule has 0 unspecified atom stereocenters. The lowest BCUT2D eigenvalue weighted by atomic mass is 10.0. The van der Waals surface area contributed by atoms with Crippen LogP contribution in [0.25, 0.3) is 21.7 Å². The van der Waals surface area contributed by atoms with Crippen molar-refractivity contribution in [2.24, 2.45) is 0 Å². The van der Waals surface area contributed by atoms with Gasteiger partial charge in [-0.2, -0.15) is 0 Å². The summed E-state index contributed by atoms with van der Waals surface area (Å²) in [5, 5.41) is 1.93. The molecule has 0 fully saturated rings. The number of thiophene rings is 1. The minimum atomic E-state index is -0.435. The second-order valence-corrected chi connectivity index (χ2v) is 6.15. The highest BCUT2D eigenvalue weighted by molar-refractivity contribution is 7.13. The fraction of sp³-hybridized carbons (Fsp3) is 0.111. The summed E-state index contributed by atoms with van der Waals surface area (Å²) < 4.78 is 5.15. The highest BCUT2D eigenvalue weighted by Crippen LogP contribution is 2.44. The predicted octanol–water partition coefficient (Wildman–Crippen LogP) is 4.13. The van der Waals surface area contributed by atoms with E-state index in [0.29, 0.717) is 28.1 Å². The summed E-state index contributed by atoms with van der Waals surface area (Å²) in [6, 6.07) is 11.3. The Balaban J connectivity index is 2.00. The second kappa shape index (κ2) is 5.21. The Labute approximate surface area is 136 Å². The minimum absolute atomic E-state index is 0.0502. The van der Waals surface area contributed by atoms with Crippen molar-refractivity contribution in [2.45, 2.75) is 6.92 Å². The Kier molecular flexibility index (Phi) is 3.16. The molecule has 2 aromatic heterocycles. The summed E-state index contributed by atoms with van der Waals surface area (Å²) in [5.41, 5.74) is 3.77. The normalized spacial score (nSPS) is 12.1. The van der Waals surface area contributed by atoms with Gasteiger partial charge in [0.2, 0.25) is 0 Å². The summed E-state index contributed by atoms with van der Waals surface area (Å²) >= 11 is 1.50. The number of hydrogen-bond donors (Lipinski definition) is 1. The van der Waals surface area contributed by atoms with Crippen molar-refractivity contribution in [1.82, 2.24) is 4.98 Å². The van der Waals surface area contributed by atoms with Crippen LogP contribution >= 0.6 is 11.3 Å². The molecule has 0 atom stereocenters. The zero-order chi connectivity index (χ0) is 16.0. The van der Waals surface area contributed by atoms with E-state index in [1.54, 1.807) is 6.92 Å². The number of ether oxygens (including phenoxy) is 1. The van der Waals surface area contributed by atoms with Crippen molar-refractivity contribution in [3.8, 4) is 21.7 Å². The predicted molar refractivity (Wildman–Crippen MR) is 88.9 cm³/mol. The van der Waals surface area contributed by atoms with E-state index in [-0.39, 0.29) is 12.4 Å². The molecule has 1 aliphatic rings. The zero-order valence-corrected chi connectivity index (χ0v) is 13.2. The maximum absolute atomic E-state index is 12.8. The SMILES string of the molecule is CCOC(=O)c1[nH]c2c(c1-c1cccs1)C(=O)c1ccccc1-2. The molecule has 1 aromatic carbocycles. The van der Waals surface area contributed by atoms with E-state index in [1.165, 1.54) is 11.3 Å². The van der Waals surface area contributed by atoms with Gasteiger partial charge in [-0.25, -0.2) is 4.79 Å². The lowest BCUT2D eigenvalue weighted by Gasteiger charge is -2.05. The summed E-state index contributed by atoms with van der Waals surface area (Å²) in [6.07, 6.45) is 0. The van der Waals surface area contributed by atoms with Gasteiger partial charge in [-0.1, -0.05) is 30.3 Å². The number of esters is 1. The van der Waals surface area contributed by atoms with Crippen LogP contribution in [0.2, 0.25) is 0 Å². The van der Waals surface area contributed by atoms with Crippen molar-refractivity contribution >= 4 is 23.1 Å². The van der Waals surface area contributed by atoms with E-state index in [2.05, 4.69) is 4.98 Å².